The summed E-state index contributed by atoms with van der Waals surface area (Å²) in [7, 11) is -2.05. The summed E-state index contributed by atoms with van der Waals surface area (Å²) in [5.74, 6) is 0.0304. The minimum Gasteiger partial charge on any atom is -0.492 e. The van der Waals surface area contributed by atoms with Gasteiger partial charge in [-0.3, -0.25) is 13.9 Å². The fourth-order valence-corrected chi connectivity index (χ4v) is 4.67. The monoisotopic (exact) mass is 489 g/mol. The summed E-state index contributed by atoms with van der Waals surface area (Å²) in [6.45, 7) is 4.44. The van der Waals surface area contributed by atoms with E-state index in [1.54, 1.807) is 43.1 Å². The number of benzene rings is 2. The van der Waals surface area contributed by atoms with Crippen LogP contribution in [0.5, 0.6) is 5.75 Å². The highest BCUT2D eigenvalue weighted by molar-refractivity contribution is 7.92. The standard InChI is InChI=1S/C25H35N3O5S/c1-5-33-23-15-10-9-14-22(23)28(34(4,31)32)18-11-16-24(29)27(20(2)25(30)26-3)19-17-21-12-7-6-8-13-21/h6-10,12-15,20H,5,11,16-19H2,1-4H3,(H,26,30). The second kappa shape index (κ2) is 13.0. The van der Waals surface area contributed by atoms with Crippen LogP contribution in [0.3, 0.4) is 0 Å². The Bertz CT molecular complexity index is 1040. The molecule has 34 heavy (non-hydrogen) atoms. The van der Waals surface area contributed by atoms with E-state index in [1.807, 2.05) is 37.3 Å². The lowest BCUT2D eigenvalue weighted by Gasteiger charge is -2.29. The maximum absolute atomic E-state index is 13.1. The minimum absolute atomic E-state index is 0.110. The summed E-state index contributed by atoms with van der Waals surface area (Å²) in [6, 6.07) is 16.1. The zero-order valence-electron chi connectivity index (χ0n) is 20.4. The second-order valence-corrected chi connectivity index (χ2v) is 9.86. The molecule has 0 saturated carbocycles. The van der Waals surface area contributed by atoms with Gasteiger partial charge in [-0.2, -0.15) is 0 Å². The van der Waals surface area contributed by atoms with Crippen LogP contribution < -0.4 is 14.4 Å². The molecule has 1 N–H and O–H groups in total. The van der Waals surface area contributed by atoms with Crippen LogP contribution in [0.25, 0.3) is 0 Å². The van der Waals surface area contributed by atoms with E-state index in [0.717, 1.165) is 11.8 Å². The van der Waals surface area contributed by atoms with Crippen molar-refractivity contribution in [1.29, 1.82) is 0 Å². The molecule has 186 valence electrons. The number of hydrogen-bond acceptors (Lipinski definition) is 5. The number of carbonyl (C=O) groups is 2. The third-order valence-corrected chi connectivity index (χ3v) is 6.66. The Labute approximate surface area is 202 Å². The molecule has 0 heterocycles. The lowest BCUT2D eigenvalue weighted by Crippen LogP contribution is -2.48. The average Bonchev–Trinajstić information content (AvgIpc) is 2.82. The van der Waals surface area contributed by atoms with Crippen LogP contribution in [-0.4, -0.2) is 64.2 Å². The van der Waals surface area contributed by atoms with Gasteiger partial charge in [-0.15, -0.1) is 0 Å². The van der Waals surface area contributed by atoms with Crippen LogP contribution >= 0.6 is 0 Å². The topological polar surface area (TPSA) is 96.0 Å². The van der Waals surface area contributed by atoms with Crippen molar-refractivity contribution in [3.63, 3.8) is 0 Å². The fraction of sp³-hybridized carbons (Fsp3) is 0.440. The number of ether oxygens (including phenoxy) is 1. The Morgan fingerprint density at radius 1 is 1.03 bits per heavy atom. The molecule has 2 aromatic carbocycles. The van der Waals surface area contributed by atoms with Gasteiger partial charge in [0.1, 0.15) is 11.8 Å². The van der Waals surface area contributed by atoms with Crippen molar-refractivity contribution in [3.8, 4) is 5.75 Å². The van der Waals surface area contributed by atoms with Gasteiger partial charge in [-0.25, -0.2) is 8.42 Å². The Balaban J connectivity index is 2.12. The molecule has 0 aliphatic heterocycles. The molecule has 0 bridgehead atoms. The first-order valence-corrected chi connectivity index (χ1v) is 13.3. The van der Waals surface area contributed by atoms with Crippen molar-refractivity contribution in [1.82, 2.24) is 10.2 Å². The fourth-order valence-electron chi connectivity index (χ4n) is 3.70. The van der Waals surface area contributed by atoms with Gasteiger partial charge in [0.2, 0.25) is 21.8 Å². The molecule has 9 heteroatoms. The number of para-hydroxylation sites is 2. The second-order valence-electron chi connectivity index (χ2n) is 7.95. The maximum atomic E-state index is 13.1. The first-order valence-electron chi connectivity index (χ1n) is 11.4. The number of likely N-dealkylation sites (N-methyl/N-ethyl adjacent to an activating group) is 1. The van der Waals surface area contributed by atoms with Gasteiger partial charge < -0.3 is 15.0 Å². The van der Waals surface area contributed by atoms with E-state index < -0.39 is 16.1 Å². The lowest BCUT2D eigenvalue weighted by atomic mass is 10.1. The smallest absolute Gasteiger partial charge is 0.242 e. The Kier molecular flexibility index (Phi) is 10.4. The predicted molar refractivity (Wildman–Crippen MR) is 134 cm³/mol. The summed E-state index contributed by atoms with van der Waals surface area (Å²) in [5, 5.41) is 2.60. The normalized spacial score (nSPS) is 12.0. The third kappa shape index (κ3) is 7.76. The minimum atomic E-state index is -3.59. The van der Waals surface area contributed by atoms with Crippen LogP contribution in [0.15, 0.2) is 54.6 Å². The van der Waals surface area contributed by atoms with Gasteiger partial charge in [0.15, 0.2) is 0 Å². The lowest BCUT2D eigenvalue weighted by molar-refractivity contribution is -0.139. The van der Waals surface area contributed by atoms with Gasteiger partial charge in [0.25, 0.3) is 0 Å². The molecule has 0 radical (unpaired) electrons. The van der Waals surface area contributed by atoms with Crippen LogP contribution in [-0.2, 0) is 26.0 Å². The molecule has 0 aromatic heterocycles. The molecule has 1 atom stereocenters. The molecule has 0 saturated heterocycles. The molecular formula is C25H35N3O5S. The van der Waals surface area contributed by atoms with Crippen LogP contribution in [0.1, 0.15) is 32.3 Å². The average molecular weight is 490 g/mol. The zero-order chi connectivity index (χ0) is 25.1. The van der Waals surface area contributed by atoms with Crippen molar-refractivity contribution in [3.05, 3.63) is 60.2 Å². The summed E-state index contributed by atoms with van der Waals surface area (Å²) >= 11 is 0. The first kappa shape index (κ1) is 27.2. The molecule has 0 spiro atoms. The molecule has 0 aliphatic rings. The summed E-state index contributed by atoms with van der Waals surface area (Å²) in [4.78, 5) is 26.9. The first-order chi connectivity index (χ1) is 16.2. The van der Waals surface area contributed by atoms with Crippen LogP contribution in [0.2, 0.25) is 0 Å². The van der Waals surface area contributed by atoms with Gasteiger partial charge in [-0.1, -0.05) is 42.5 Å². The van der Waals surface area contributed by atoms with E-state index in [0.29, 0.717) is 37.4 Å². The highest BCUT2D eigenvalue weighted by atomic mass is 32.2. The van der Waals surface area contributed by atoms with E-state index in [4.69, 9.17) is 4.74 Å². The van der Waals surface area contributed by atoms with Crippen molar-refractivity contribution < 1.29 is 22.7 Å². The molecule has 2 rings (SSSR count). The molecule has 0 fully saturated rings. The SMILES string of the molecule is CCOc1ccccc1N(CCCC(=O)N(CCc1ccccc1)C(C)C(=O)NC)S(C)(=O)=O. The largest absolute Gasteiger partial charge is 0.492 e. The van der Waals surface area contributed by atoms with Gasteiger partial charge in [-0.05, 0) is 44.4 Å². The predicted octanol–water partition coefficient (Wildman–Crippen LogP) is 2.84. The van der Waals surface area contributed by atoms with E-state index in [9.17, 15) is 18.0 Å². The number of amides is 2. The zero-order valence-corrected chi connectivity index (χ0v) is 21.2. The Morgan fingerprint density at radius 2 is 1.68 bits per heavy atom. The number of anilines is 1. The highest BCUT2D eigenvalue weighted by Gasteiger charge is 2.26. The number of sulfonamides is 1. The number of rotatable bonds is 13. The van der Waals surface area contributed by atoms with Crippen molar-refractivity contribution in [2.45, 2.75) is 39.2 Å². The highest BCUT2D eigenvalue weighted by Crippen LogP contribution is 2.30. The molecule has 8 nitrogen and oxygen atoms in total. The quantitative estimate of drug-likeness (QED) is 0.467. The van der Waals surface area contributed by atoms with E-state index in [2.05, 4.69) is 5.32 Å². The number of nitrogens with one attached hydrogen (secondary N) is 1. The summed E-state index contributed by atoms with van der Waals surface area (Å²) in [5.41, 5.74) is 1.51. The molecule has 2 aromatic rings. The number of nitrogens with zero attached hydrogens (tertiary/aromatic N) is 2. The van der Waals surface area contributed by atoms with Gasteiger partial charge >= 0.3 is 0 Å². The molecule has 1 unspecified atom stereocenters. The molecule has 0 aliphatic carbocycles. The van der Waals surface area contributed by atoms with Crippen LogP contribution in [0.4, 0.5) is 5.69 Å². The van der Waals surface area contributed by atoms with E-state index in [1.165, 1.54) is 4.31 Å². The van der Waals surface area contributed by atoms with Crippen molar-refractivity contribution in [2.75, 3.05) is 37.3 Å². The number of hydrogen-bond donors (Lipinski definition) is 1. The molecular weight excluding hydrogens is 454 g/mol. The Hall–Kier alpha value is -3.07. The summed E-state index contributed by atoms with van der Waals surface area (Å²) in [6.07, 6.45) is 2.16. The van der Waals surface area contributed by atoms with Crippen molar-refractivity contribution >= 4 is 27.5 Å². The van der Waals surface area contributed by atoms with Crippen LogP contribution in [0, 0.1) is 0 Å². The molecule has 2 amide bonds. The van der Waals surface area contributed by atoms with Crippen molar-refractivity contribution in [2.24, 2.45) is 0 Å². The van der Waals surface area contributed by atoms with E-state index in [-0.39, 0.29) is 24.8 Å². The Morgan fingerprint density at radius 3 is 2.29 bits per heavy atom. The maximum Gasteiger partial charge on any atom is 0.242 e. The van der Waals surface area contributed by atoms with E-state index >= 15 is 0 Å². The van der Waals surface area contributed by atoms with Gasteiger partial charge in [0, 0.05) is 26.6 Å². The summed E-state index contributed by atoms with van der Waals surface area (Å²) < 4.78 is 31.9. The number of carbonyl (C=O) groups excluding carboxylic acids is 2. The van der Waals surface area contributed by atoms with Gasteiger partial charge in [0.05, 0.1) is 18.6 Å². The third-order valence-electron chi connectivity index (χ3n) is 5.48.